The Morgan fingerprint density at radius 3 is 2.49 bits per heavy atom. The molecule has 0 unspecified atom stereocenters. The van der Waals surface area contributed by atoms with Crippen molar-refractivity contribution >= 4 is 67.1 Å². The van der Waals surface area contributed by atoms with Crippen LogP contribution in [0.1, 0.15) is 22.8 Å². The van der Waals surface area contributed by atoms with E-state index in [9.17, 15) is 22.9 Å². The Balaban J connectivity index is 0.00000420. The number of ether oxygens (including phenoxy) is 1. The number of aryl methyl sites for hydroxylation is 1. The third kappa shape index (κ3) is 6.72. The first-order valence-corrected chi connectivity index (χ1v) is 13.4. The molecule has 4 aromatic carbocycles. The average Bonchev–Trinajstić information content (AvgIpc) is 2.84. The second kappa shape index (κ2) is 12.6. The quantitative estimate of drug-likeness (QED) is 0.189. The number of hydrogen-bond acceptors (Lipinski definition) is 7. The number of fused-ring (bicyclic) bond motifs is 1. The minimum Gasteiger partial charge on any atom is -0.870 e. The number of rotatable bonds is 7. The van der Waals surface area contributed by atoms with E-state index >= 15 is 0 Å². The van der Waals surface area contributed by atoms with E-state index < -0.39 is 26.7 Å². The monoisotopic (exact) mass is 595 g/mol. The summed E-state index contributed by atoms with van der Waals surface area (Å²) >= 11 is 12.3. The Morgan fingerprint density at radius 2 is 1.79 bits per heavy atom. The number of nitrogens with one attached hydrogen (secondary N) is 1. The molecule has 39 heavy (non-hydrogen) atoms. The summed E-state index contributed by atoms with van der Waals surface area (Å²) in [4.78, 5) is 12.8. The van der Waals surface area contributed by atoms with E-state index in [-0.39, 0.29) is 67.8 Å². The normalized spacial score (nSPS) is 11.4. The van der Waals surface area contributed by atoms with Crippen LogP contribution in [0.3, 0.4) is 0 Å². The number of azo groups is 1. The smallest absolute Gasteiger partial charge is 0.870 e. The van der Waals surface area contributed by atoms with Gasteiger partial charge in [0.2, 0.25) is 0 Å². The largest absolute Gasteiger partial charge is 1.00 e. The van der Waals surface area contributed by atoms with Gasteiger partial charge in [-0.3, -0.25) is 9.35 Å². The summed E-state index contributed by atoms with van der Waals surface area (Å²) in [6, 6.07) is 15.5. The maximum absolute atomic E-state index is 13.5. The molecule has 0 radical (unpaired) electrons. The van der Waals surface area contributed by atoms with E-state index in [4.69, 9.17) is 27.9 Å². The summed E-state index contributed by atoms with van der Waals surface area (Å²) in [5.41, 5.74) is -0.398. The zero-order chi connectivity index (χ0) is 27.6. The number of carbonyl (C=O) groups excluding carboxylic acids is 1. The first-order valence-electron chi connectivity index (χ1n) is 11.2. The number of para-hydroxylation sites is 1. The van der Waals surface area contributed by atoms with Crippen LogP contribution in [0.25, 0.3) is 10.8 Å². The molecule has 1 amide bonds. The van der Waals surface area contributed by atoms with Crippen molar-refractivity contribution in [1.29, 1.82) is 0 Å². The second-order valence-electron chi connectivity index (χ2n) is 8.07. The Morgan fingerprint density at radius 1 is 1.08 bits per heavy atom. The molecule has 196 valence electrons. The summed E-state index contributed by atoms with van der Waals surface area (Å²) in [5.74, 6) is -1.19. The van der Waals surface area contributed by atoms with E-state index in [1.54, 1.807) is 49.4 Å². The molecule has 0 aliphatic rings. The number of benzene rings is 4. The van der Waals surface area contributed by atoms with Crippen molar-refractivity contribution in [2.24, 2.45) is 10.2 Å². The van der Waals surface area contributed by atoms with Gasteiger partial charge in [-0.15, -0.1) is 5.11 Å². The van der Waals surface area contributed by atoms with Crippen LogP contribution in [-0.2, 0) is 10.1 Å². The summed E-state index contributed by atoms with van der Waals surface area (Å²) < 4.78 is 39.2. The van der Waals surface area contributed by atoms with E-state index in [0.29, 0.717) is 23.1 Å². The minimum atomic E-state index is -4.69. The molecule has 0 fully saturated rings. The fourth-order valence-electron chi connectivity index (χ4n) is 3.89. The molecule has 0 saturated carbocycles. The minimum absolute atomic E-state index is 0. The van der Waals surface area contributed by atoms with Crippen molar-refractivity contribution in [3.63, 3.8) is 0 Å². The second-order valence-corrected chi connectivity index (χ2v) is 10.3. The molecule has 0 aliphatic carbocycles. The Kier molecular flexibility index (Phi) is 10.0. The molecule has 13 heteroatoms. The van der Waals surface area contributed by atoms with Crippen LogP contribution in [-0.4, -0.2) is 25.5 Å². The van der Waals surface area contributed by atoms with Crippen LogP contribution in [0.4, 0.5) is 17.1 Å². The summed E-state index contributed by atoms with van der Waals surface area (Å²) in [5, 5.41) is 25.3. The molecular weight excluding hydrogens is 576 g/mol. The van der Waals surface area contributed by atoms with Crippen LogP contribution < -0.4 is 44.7 Å². The number of anilines is 1. The maximum atomic E-state index is 13.5. The molecule has 0 aliphatic heterocycles. The average molecular weight is 596 g/mol. The Labute approximate surface area is 256 Å². The molecule has 2 N–H and O–H groups in total. The van der Waals surface area contributed by atoms with Gasteiger partial charge in [0.25, 0.3) is 16.0 Å². The molecule has 0 bridgehead atoms. The molecule has 0 heterocycles. The predicted molar refractivity (Wildman–Crippen MR) is 144 cm³/mol. The standard InChI is InChI=1S/C26H21Cl2N3O6S.Na/c1-3-37-21-10-6-9-19(28)23(21)29-26(33)18-12-15-7-4-5-8-17(15)22(24(18)32)31-30-20-13-16(27)11-14(2)25(20)38(34,35)36;/h4-13,32H,3H2,1-2H3,(H,29,33)(H,34,35,36);/q;+1/p-1. The topological polar surface area (TPSA) is 140 Å². The zero-order valence-electron chi connectivity index (χ0n) is 21.0. The van der Waals surface area contributed by atoms with E-state index in [2.05, 4.69) is 15.5 Å². The zero-order valence-corrected chi connectivity index (χ0v) is 25.4. The molecule has 0 atom stereocenters. The van der Waals surface area contributed by atoms with E-state index in [0.717, 1.165) is 0 Å². The van der Waals surface area contributed by atoms with Crippen molar-refractivity contribution in [3.8, 4) is 11.5 Å². The fraction of sp³-hybridized carbons (Fsp3) is 0.115. The van der Waals surface area contributed by atoms with Crippen molar-refractivity contribution in [2.45, 2.75) is 18.7 Å². The van der Waals surface area contributed by atoms with Gasteiger partial charge < -0.3 is 15.2 Å². The molecule has 0 aromatic heterocycles. The Hall–Kier alpha value is -2.70. The molecule has 4 rings (SSSR count). The molecular formula is C26H20Cl2N3NaO6S. The van der Waals surface area contributed by atoms with E-state index in [1.165, 1.54) is 25.1 Å². The number of nitrogens with zero attached hydrogens (tertiary/aromatic N) is 2. The molecule has 4 aromatic rings. The van der Waals surface area contributed by atoms with E-state index in [1.807, 2.05) is 0 Å². The van der Waals surface area contributed by atoms with Crippen LogP contribution in [0.2, 0.25) is 10.0 Å². The summed E-state index contributed by atoms with van der Waals surface area (Å²) in [7, 11) is -4.69. The van der Waals surface area contributed by atoms with Crippen LogP contribution >= 0.6 is 23.2 Å². The van der Waals surface area contributed by atoms with Gasteiger partial charge in [-0.05, 0) is 55.1 Å². The van der Waals surface area contributed by atoms with Crippen LogP contribution in [0.15, 0.2) is 75.8 Å². The van der Waals surface area contributed by atoms with Crippen molar-refractivity contribution in [1.82, 2.24) is 0 Å². The van der Waals surface area contributed by atoms with Crippen molar-refractivity contribution in [3.05, 3.63) is 81.8 Å². The van der Waals surface area contributed by atoms with Gasteiger partial charge in [-0.2, -0.15) is 13.5 Å². The first-order chi connectivity index (χ1) is 18.0. The molecule has 9 nitrogen and oxygen atoms in total. The van der Waals surface area contributed by atoms with Gasteiger partial charge in [0, 0.05) is 16.0 Å². The van der Waals surface area contributed by atoms with Crippen LogP contribution in [0, 0.1) is 6.92 Å². The Bertz CT molecular complexity index is 1710. The molecule has 0 spiro atoms. The van der Waals surface area contributed by atoms with Gasteiger partial charge in [0.05, 0.1) is 17.3 Å². The van der Waals surface area contributed by atoms with Gasteiger partial charge in [-0.25, -0.2) is 0 Å². The summed E-state index contributed by atoms with van der Waals surface area (Å²) in [6.45, 7) is 3.53. The van der Waals surface area contributed by atoms with Crippen molar-refractivity contribution < 1.29 is 57.2 Å². The van der Waals surface area contributed by atoms with Crippen molar-refractivity contribution in [2.75, 3.05) is 11.9 Å². The third-order valence-corrected chi connectivity index (χ3v) is 7.05. The SMILES string of the molecule is CCOc1cccc(Cl)c1NC(=O)c1cc2ccccc2c(N=Nc2cc(Cl)cc(C)c2S(=O)(=O)O)c1[O-].[Na+]. The number of hydrogen-bond donors (Lipinski definition) is 2. The van der Waals surface area contributed by atoms with Gasteiger partial charge >= 0.3 is 29.6 Å². The maximum Gasteiger partial charge on any atom is 1.00 e. The first kappa shape index (κ1) is 30.8. The van der Waals surface area contributed by atoms with Gasteiger partial charge in [-0.1, -0.05) is 59.3 Å². The van der Waals surface area contributed by atoms with Crippen LogP contribution in [0.5, 0.6) is 11.5 Å². The fourth-order valence-corrected chi connectivity index (χ4v) is 5.20. The predicted octanol–water partition coefficient (Wildman–Crippen LogP) is 3.85. The number of amides is 1. The summed E-state index contributed by atoms with van der Waals surface area (Å²) in [6.07, 6.45) is 0. The van der Waals surface area contributed by atoms with Gasteiger partial charge in [0.15, 0.2) is 0 Å². The molecule has 0 saturated heterocycles. The van der Waals surface area contributed by atoms with Gasteiger partial charge in [0.1, 0.15) is 22.0 Å². The number of halogens is 2. The number of carbonyl (C=O) groups is 1. The third-order valence-electron chi connectivity index (χ3n) is 5.47.